The fourth-order valence-electron chi connectivity index (χ4n) is 1.77. The molecule has 0 aromatic heterocycles. The van der Waals surface area contributed by atoms with Crippen LogP contribution in [0.25, 0.3) is 11.1 Å². The summed E-state index contributed by atoms with van der Waals surface area (Å²) in [5.74, 6) is 0.707. The van der Waals surface area contributed by atoms with Gasteiger partial charge in [-0.2, -0.15) is 0 Å². The lowest BCUT2D eigenvalue weighted by molar-refractivity contribution is -0.255. The highest BCUT2D eigenvalue weighted by atomic mass is 16.5. The number of methoxy groups -OCH3 is 1. The number of rotatable bonds is 2. The molecule has 88 valence electrons. The first-order valence-electron chi connectivity index (χ1n) is 5.48. The normalized spacial score (nSPS) is 10.3. The van der Waals surface area contributed by atoms with E-state index in [0.717, 1.165) is 16.8 Å². The van der Waals surface area contributed by atoms with Gasteiger partial charge in [0.25, 0.3) is 0 Å². The number of aryl methyl sites for hydroxylation is 1. The van der Waals surface area contributed by atoms with Gasteiger partial charge in [0.05, 0.1) is 12.8 Å². The summed E-state index contributed by atoms with van der Waals surface area (Å²) in [5.41, 5.74) is 14.9. The highest BCUT2D eigenvalue weighted by molar-refractivity contribution is 5.71. The molecule has 0 saturated heterocycles. The zero-order valence-corrected chi connectivity index (χ0v) is 10.2. The van der Waals surface area contributed by atoms with Crippen molar-refractivity contribution in [1.82, 2.24) is 0 Å². The van der Waals surface area contributed by atoms with Crippen LogP contribution in [-0.4, -0.2) is 7.11 Å². The van der Waals surface area contributed by atoms with Crippen molar-refractivity contribution in [2.45, 2.75) is 6.92 Å². The van der Waals surface area contributed by atoms with Gasteiger partial charge in [-0.25, -0.2) is 0 Å². The molecule has 0 heterocycles. The van der Waals surface area contributed by atoms with Crippen LogP contribution in [0.1, 0.15) is 5.56 Å². The van der Waals surface area contributed by atoms with Gasteiger partial charge in [-0.1, -0.05) is 6.07 Å². The topological polar surface area (TPSA) is 62.9 Å². The molecule has 0 aliphatic heterocycles. The van der Waals surface area contributed by atoms with Crippen LogP contribution in [0.5, 0.6) is 5.75 Å². The molecule has 0 saturated carbocycles. The van der Waals surface area contributed by atoms with E-state index < -0.39 is 0 Å². The third-order valence-electron chi connectivity index (χ3n) is 2.91. The lowest BCUT2D eigenvalue weighted by Crippen LogP contribution is -2.40. The van der Waals surface area contributed by atoms with E-state index in [1.54, 1.807) is 7.11 Å². The number of benzene rings is 2. The van der Waals surface area contributed by atoms with E-state index in [4.69, 9.17) is 10.5 Å². The van der Waals surface area contributed by atoms with Crippen molar-refractivity contribution in [2.75, 3.05) is 12.8 Å². The second-order valence-electron chi connectivity index (χ2n) is 4.10. The Morgan fingerprint density at radius 3 is 2.35 bits per heavy atom. The molecule has 0 amide bonds. The molecule has 0 bridgehead atoms. The van der Waals surface area contributed by atoms with E-state index in [0.29, 0.717) is 11.4 Å². The molecule has 2 aromatic rings. The van der Waals surface area contributed by atoms with E-state index >= 15 is 0 Å². The fourth-order valence-corrected chi connectivity index (χ4v) is 1.77. The van der Waals surface area contributed by atoms with Gasteiger partial charge in [-0.05, 0) is 48.4 Å². The van der Waals surface area contributed by atoms with Gasteiger partial charge in [0.2, 0.25) is 0 Å². The van der Waals surface area contributed by atoms with Crippen LogP contribution in [0.4, 0.5) is 11.4 Å². The summed E-state index contributed by atoms with van der Waals surface area (Å²) in [7, 11) is 1.62. The summed E-state index contributed by atoms with van der Waals surface area (Å²) < 4.78 is 5.22. The van der Waals surface area contributed by atoms with Crippen molar-refractivity contribution in [1.29, 1.82) is 0 Å². The summed E-state index contributed by atoms with van der Waals surface area (Å²) >= 11 is 0. The minimum atomic E-state index is 0.654. The number of ether oxygens (including phenoxy) is 1. The van der Waals surface area contributed by atoms with Gasteiger partial charge in [0.1, 0.15) is 11.4 Å². The van der Waals surface area contributed by atoms with E-state index in [1.807, 2.05) is 24.3 Å². The van der Waals surface area contributed by atoms with Gasteiger partial charge in [-0.15, -0.1) is 0 Å². The molecule has 0 unspecified atom stereocenters. The minimum Gasteiger partial charge on any atom is -0.495 e. The second kappa shape index (κ2) is 4.47. The Kier molecular flexibility index (Phi) is 3.02. The molecule has 0 aliphatic rings. The maximum Gasteiger partial charge on any atom is 0.142 e. The highest BCUT2D eigenvalue weighted by Crippen LogP contribution is 2.29. The van der Waals surface area contributed by atoms with Crippen LogP contribution in [0, 0.1) is 6.92 Å². The molecule has 3 nitrogen and oxygen atoms in total. The van der Waals surface area contributed by atoms with Crippen LogP contribution in [0.3, 0.4) is 0 Å². The number of nitrogens with two attached hydrogens (primary N) is 1. The van der Waals surface area contributed by atoms with Crippen LogP contribution in [0.2, 0.25) is 0 Å². The quantitative estimate of drug-likeness (QED) is 0.775. The summed E-state index contributed by atoms with van der Waals surface area (Å²) in [4.78, 5) is 0. The maximum absolute atomic E-state index is 5.80. The van der Waals surface area contributed by atoms with Gasteiger partial charge in [0.15, 0.2) is 0 Å². The lowest BCUT2D eigenvalue weighted by Gasteiger charge is -2.08. The molecular formula is C14H17N2O+. The molecule has 5 N–H and O–H groups in total. The summed E-state index contributed by atoms with van der Waals surface area (Å²) in [6.07, 6.45) is 0. The Labute approximate surface area is 101 Å². The smallest absolute Gasteiger partial charge is 0.142 e. The SMILES string of the molecule is COc1cc(-c2ccc([NH3+])c(C)c2)ccc1N. The summed E-state index contributed by atoms with van der Waals surface area (Å²) in [6, 6.07) is 12.0. The first-order chi connectivity index (χ1) is 8.11. The maximum atomic E-state index is 5.80. The third kappa shape index (κ3) is 2.24. The highest BCUT2D eigenvalue weighted by Gasteiger charge is 2.05. The molecule has 0 radical (unpaired) electrons. The van der Waals surface area contributed by atoms with Crippen molar-refractivity contribution in [3.63, 3.8) is 0 Å². The lowest BCUT2D eigenvalue weighted by atomic mass is 10.0. The zero-order chi connectivity index (χ0) is 12.4. The van der Waals surface area contributed by atoms with E-state index in [2.05, 4.69) is 24.8 Å². The number of hydrogen-bond acceptors (Lipinski definition) is 2. The van der Waals surface area contributed by atoms with Crippen molar-refractivity contribution in [3.8, 4) is 16.9 Å². The molecule has 0 aliphatic carbocycles. The number of nitrogen functional groups attached to an aromatic ring is 1. The third-order valence-corrected chi connectivity index (χ3v) is 2.91. The van der Waals surface area contributed by atoms with Gasteiger partial charge >= 0.3 is 0 Å². The minimum absolute atomic E-state index is 0.654. The first kappa shape index (κ1) is 11.5. The molecular weight excluding hydrogens is 212 g/mol. The monoisotopic (exact) mass is 229 g/mol. The van der Waals surface area contributed by atoms with E-state index in [1.165, 1.54) is 5.56 Å². The molecule has 3 heteroatoms. The molecule has 2 aromatic carbocycles. The summed E-state index contributed by atoms with van der Waals surface area (Å²) in [6.45, 7) is 2.06. The number of anilines is 1. The average Bonchev–Trinajstić information content (AvgIpc) is 2.33. The average molecular weight is 229 g/mol. The molecule has 0 fully saturated rings. The van der Waals surface area contributed by atoms with Crippen molar-refractivity contribution in [3.05, 3.63) is 42.0 Å². The second-order valence-corrected chi connectivity index (χ2v) is 4.10. The van der Waals surface area contributed by atoms with Gasteiger partial charge in [0, 0.05) is 5.56 Å². The Morgan fingerprint density at radius 1 is 1.06 bits per heavy atom. The van der Waals surface area contributed by atoms with Gasteiger partial charge in [-0.3, -0.25) is 0 Å². The van der Waals surface area contributed by atoms with Crippen molar-refractivity contribution in [2.24, 2.45) is 0 Å². The largest absolute Gasteiger partial charge is 0.495 e. The Bertz CT molecular complexity index is 550. The van der Waals surface area contributed by atoms with E-state index in [-0.39, 0.29) is 0 Å². The van der Waals surface area contributed by atoms with Crippen LogP contribution < -0.4 is 16.2 Å². The van der Waals surface area contributed by atoms with Crippen LogP contribution in [-0.2, 0) is 0 Å². The molecule has 2 rings (SSSR count). The molecule has 0 atom stereocenters. The predicted molar refractivity (Wildman–Crippen MR) is 70.1 cm³/mol. The van der Waals surface area contributed by atoms with Crippen LogP contribution >= 0.6 is 0 Å². The first-order valence-corrected chi connectivity index (χ1v) is 5.48. The fraction of sp³-hybridized carbons (Fsp3) is 0.143. The predicted octanol–water partition coefficient (Wildman–Crippen LogP) is 2.13. The standard InChI is InChI=1S/C14H16N2O/c1-9-7-10(3-5-12(9)15)11-4-6-13(16)14(8-11)17-2/h3-8H,15-16H2,1-2H3/p+1. The van der Waals surface area contributed by atoms with Crippen LogP contribution in [0.15, 0.2) is 36.4 Å². The number of quaternary nitrogens is 1. The Balaban J connectivity index is 2.49. The van der Waals surface area contributed by atoms with Crippen molar-refractivity contribution >= 4 is 11.4 Å². The van der Waals surface area contributed by atoms with E-state index in [9.17, 15) is 0 Å². The molecule has 0 spiro atoms. The van der Waals surface area contributed by atoms with Gasteiger partial charge < -0.3 is 16.2 Å². The zero-order valence-electron chi connectivity index (χ0n) is 10.2. The Morgan fingerprint density at radius 2 is 1.71 bits per heavy atom. The number of hydrogen-bond donors (Lipinski definition) is 2. The molecule has 17 heavy (non-hydrogen) atoms. The Hall–Kier alpha value is -2.00. The summed E-state index contributed by atoms with van der Waals surface area (Å²) in [5, 5.41) is 0. The van der Waals surface area contributed by atoms with Crippen molar-refractivity contribution < 1.29 is 10.5 Å².